The molecular weight excluding hydrogens is 273 g/mol. The lowest BCUT2D eigenvalue weighted by molar-refractivity contribution is 0.0926. The molecule has 6 heteroatoms. The molecule has 2 aliphatic heterocycles. The van der Waals surface area contributed by atoms with E-state index in [2.05, 4.69) is 15.5 Å². The van der Waals surface area contributed by atoms with Crippen molar-refractivity contribution in [2.24, 2.45) is 0 Å². The normalized spacial score (nSPS) is 22.3. The van der Waals surface area contributed by atoms with E-state index in [1.54, 1.807) is 6.07 Å². The van der Waals surface area contributed by atoms with Crippen LogP contribution < -0.4 is 15.5 Å². The van der Waals surface area contributed by atoms with Crippen molar-refractivity contribution < 1.29 is 13.9 Å². The van der Waals surface area contributed by atoms with Crippen LogP contribution in [0.3, 0.4) is 0 Å². The summed E-state index contributed by atoms with van der Waals surface area (Å²) in [5, 5.41) is 6.07. The van der Waals surface area contributed by atoms with E-state index in [4.69, 9.17) is 4.74 Å². The van der Waals surface area contributed by atoms with Gasteiger partial charge in [0.1, 0.15) is 5.82 Å². The number of rotatable bonds is 3. The Labute approximate surface area is 123 Å². The van der Waals surface area contributed by atoms with Crippen LogP contribution in [-0.4, -0.2) is 51.3 Å². The molecule has 114 valence electrons. The molecule has 0 unspecified atom stereocenters. The number of benzene rings is 1. The Hall–Kier alpha value is -1.66. The highest BCUT2D eigenvalue weighted by Gasteiger charge is 2.21. The number of hydrogen-bond acceptors (Lipinski definition) is 4. The first-order valence-corrected chi connectivity index (χ1v) is 7.38. The minimum Gasteiger partial charge on any atom is -0.379 e. The average molecular weight is 293 g/mol. The molecular formula is C15H20FN3O2. The predicted octanol–water partition coefficient (Wildman–Crippen LogP) is 0.754. The zero-order chi connectivity index (χ0) is 14.7. The topological polar surface area (TPSA) is 53.6 Å². The predicted molar refractivity (Wildman–Crippen MR) is 78.2 cm³/mol. The molecule has 21 heavy (non-hydrogen) atoms. The van der Waals surface area contributed by atoms with Crippen molar-refractivity contribution in [1.82, 2.24) is 10.6 Å². The van der Waals surface area contributed by atoms with Gasteiger partial charge >= 0.3 is 0 Å². The van der Waals surface area contributed by atoms with E-state index in [1.807, 2.05) is 6.07 Å². The van der Waals surface area contributed by atoms with Gasteiger partial charge in [-0.2, -0.15) is 0 Å². The molecule has 1 aromatic rings. The van der Waals surface area contributed by atoms with Gasteiger partial charge in [0.25, 0.3) is 5.91 Å². The van der Waals surface area contributed by atoms with Gasteiger partial charge < -0.3 is 20.3 Å². The van der Waals surface area contributed by atoms with Crippen molar-refractivity contribution in [2.75, 3.05) is 44.3 Å². The van der Waals surface area contributed by atoms with E-state index in [9.17, 15) is 9.18 Å². The van der Waals surface area contributed by atoms with Crippen LogP contribution in [0.25, 0.3) is 0 Å². The quantitative estimate of drug-likeness (QED) is 0.864. The lowest BCUT2D eigenvalue weighted by Crippen LogP contribution is -2.43. The van der Waals surface area contributed by atoms with Crippen molar-refractivity contribution in [3.63, 3.8) is 0 Å². The van der Waals surface area contributed by atoms with E-state index in [-0.39, 0.29) is 17.5 Å². The van der Waals surface area contributed by atoms with Crippen LogP contribution in [0.5, 0.6) is 0 Å². The summed E-state index contributed by atoms with van der Waals surface area (Å²) in [6.07, 6.45) is 0.784. The number of halogens is 1. The number of carbonyl (C=O) groups is 1. The molecule has 0 bridgehead atoms. The minimum absolute atomic E-state index is 0.00950. The largest absolute Gasteiger partial charge is 0.379 e. The molecule has 2 aliphatic rings. The summed E-state index contributed by atoms with van der Waals surface area (Å²) in [7, 11) is 0. The van der Waals surface area contributed by atoms with Gasteiger partial charge in [-0.05, 0) is 24.6 Å². The molecule has 0 saturated carbocycles. The van der Waals surface area contributed by atoms with Crippen molar-refractivity contribution in [1.29, 1.82) is 0 Å². The molecule has 1 aromatic carbocycles. The van der Waals surface area contributed by atoms with Crippen molar-refractivity contribution in [3.8, 4) is 0 Å². The molecule has 2 fully saturated rings. The van der Waals surface area contributed by atoms with Crippen LogP contribution >= 0.6 is 0 Å². The maximum absolute atomic E-state index is 14.2. The molecule has 1 amide bonds. The SMILES string of the molecule is O=C(N[C@@H]1CCOC1)c1ccc(N2CCNCC2)cc1F. The Balaban J connectivity index is 1.69. The zero-order valence-corrected chi connectivity index (χ0v) is 11.9. The van der Waals surface area contributed by atoms with Gasteiger partial charge in [0.15, 0.2) is 0 Å². The number of nitrogens with one attached hydrogen (secondary N) is 2. The number of carbonyl (C=O) groups excluding carboxylic acids is 1. The van der Waals surface area contributed by atoms with Gasteiger partial charge in [-0.25, -0.2) is 4.39 Å². The molecule has 2 N–H and O–H groups in total. The van der Waals surface area contributed by atoms with Crippen molar-refractivity contribution >= 4 is 11.6 Å². The van der Waals surface area contributed by atoms with Gasteiger partial charge in [0, 0.05) is 38.5 Å². The Morgan fingerprint density at radius 3 is 2.86 bits per heavy atom. The lowest BCUT2D eigenvalue weighted by Gasteiger charge is -2.29. The van der Waals surface area contributed by atoms with Crippen LogP contribution in [-0.2, 0) is 4.74 Å². The second kappa shape index (κ2) is 6.41. The third-order valence-corrected chi connectivity index (χ3v) is 3.94. The Morgan fingerprint density at radius 2 is 2.19 bits per heavy atom. The number of anilines is 1. The highest BCUT2D eigenvalue weighted by atomic mass is 19.1. The van der Waals surface area contributed by atoms with Crippen LogP contribution in [0.4, 0.5) is 10.1 Å². The number of hydrogen-bond donors (Lipinski definition) is 2. The van der Waals surface area contributed by atoms with E-state index < -0.39 is 5.82 Å². The Bertz CT molecular complexity index is 512. The monoisotopic (exact) mass is 293 g/mol. The van der Waals surface area contributed by atoms with Crippen LogP contribution in [0.15, 0.2) is 18.2 Å². The second-order valence-electron chi connectivity index (χ2n) is 5.44. The van der Waals surface area contributed by atoms with Crippen LogP contribution in [0, 0.1) is 5.82 Å². The molecule has 0 aliphatic carbocycles. The summed E-state index contributed by atoms with van der Waals surface area (Å²) in [6, 6.07) is 4.82. The van der Waals surface area contributed by atoms with E-state index >= 15 is 0 Å². The molecule has 0 aromatic heterocycles. The Morgan fingerprint density at radius 1 is 1.38 bits per heavy atom. The van der Waals surface area contributed by atoms with Gasteiger partial charge in [-0.15, -0.1) is 0 Å². The number of ether oxygens (including phenoxy) is 1. The van der Waals surface area contributed by atoms with Gasteiger partial charge in [-0.1, -0.05) is 0 Å². The standard InChI is InChI=1S/C15H20FN3O2/c16-14-9-12(19-6-4-17-5-7-19)1-2-13(14)15(20)18-11-3-8-21-10-11/h1-2,9,11,17H,3-8,10H2,(H,18,20)/t11-/m1/s1. The van der Waals surface area contributed by atoms with E-state index in [1.165, 1.54) is 6.07 Å². The minimum atomic E-state index is -0.470. The number of nitrogens with zero attached hydrogens (tertiary/aromatic N) is 1. The third-order valence-electron chi connectivity index (χ3n) is 3.94. The summed E-state index contributed by atoms with van der Waals surface area (Å²) in [4.78, 5) is 14.2. The average Bonchev–Trinajstić information content (AvgIpc) is 3.01. The molecule has 5 nitrogen and oxygen atoms in total. The molecule has 0 spiro atoms. The molecule has 2 saturated heterocycles. The zero-order valence-electron chi connectivity index (χ0n) is 11.9. The first kappa shape index (κ1) is 14.3. The summed E-state index contributed by atoms with van der Waals surface area (Å²) in [5.74, 6) is -0.836. The van der Waals surface area contributed by atoms with Crippen LogP contribution in [0.1, 0.15) is 16.8 Å². The fourth-order valence-corrected chi connectivity index (χ4v) is 2.72. The van der Waals surface area contributed by atoms with Gasteiger partial charge in [0.2, 0.25) is 0 Å². The second-order valence-corrected chi connectivity index (χ2v) is 5.44. The van der Waals surface area contributed by atoms with Gasteiger partial charge in [-0.3, -0.25) is 4.79 Å². The molecule has 2 heterocycles. The first-order valence-electron chi connectivity index (χ1n) is 7.38. The van der Waals surface area contributed by atoms with E-state index in [0.717, 1.165) is 38.3 Å². The van der Waals surface area contributed by atoms with Crippen molar-refractivity contribution in [3.05, 3.63) is 29.6 Å². The molecule has 0 radical (unpaired) electrons. The fourth-order valence-electron chi connectivity index (χ4n) is 2.72. The Kier molecular flexibility index (Phi) is 4.36. The fraction of sp³-hybridized carbons (Fsp3) is 0.533. The summed E-state index contributed by atoms with van der Waals surface area (Å²) in [5.41, 5.74) is 0.926. The number of amides is 1. The molecule has 3 rings (SSSR count). The molecule has 1 atom stereocenters. The highest BCUT2D eigenvalue weighted by Crippen LogP contribution is 2.19. The summed E-state index contributed by atoms with van der Waals surface area (Å²) in [6.45, 7) is 4.65. The number of piperazine rings is 1. The lowest BCUT2D eigenvalue weighted by atomic mass is 10.1. The van der Waals surface area contributed by atoms with Crippen molar-refractivity contribution in [2.45, 2.75) is 12.5 Å². The van der Waals surface area contributed by atoms with E-state index in [0.29, 0.717) is 13.2 Å². The maximum Gasteiger partial charge on any atom is 0.254 e. The van der Waals surface area contributed by atoms with Crippen LogP contribution in [0.2, 0.25) is 0 Å². The highest BCUT2D eigenvalue weighted by molar-refractivity contribution is 5.95. The maximum atomic E-state index is 14.2. The summed E-state index contributed by atoms with van der Waals surface area (Å²) >= 11 is 0. The third kappa shape index (κ3) is 3.33. The van der Waals surface area contributed by atoms with Gasteiger partial charge in [0.05, 0.1) is 18.2 Å². The summed E-state index contributed by atoms with van der Waals surface area (Å²) < 4.78 is 19.4. The smallest absolute Gasteiger partial charge is 0.254 e. The first-order chi connectivity index (χ1) is 10.2.